The van der Waals surface area contributed by atoms with Gasteiger partial charge >= 0.3 is 0 Å². The molecule has 96 valence electrons. The lowest BCUT2D eigenvalue weighted by Gasteiger charge is -2.15. The van der Waals surface area contributed by atoms with Gasteiger partial charge in [-0.05, 0) is 36.6 Å². The summed E-state index contributed by atoms with van der Waals surface area (Å²) >= 11 is 0. The van der Waals surface area contributed by atoms with Crippen molar-refractivity contribution < 1.29 is 4.39 Å². The monoisotopic (exact) mass is 237 g/mol. The first-order valence-corrected chi connectivity index (χ1v) is 6.71. The van der Waals surface area contributed by atoms with Gasteiger partial charge in [0.2, 0.25) is 0 Å². The molecule has 1 rings (SSSR count). The van der Waals surface area contributed by atoms with Gasteiger partial charge in [-0.2, -0.15) is 0 Å². The molecule has 0 saturated heterocycles. The van der Waals surface area contributed by atoms with Crippen LogP contribution in [0, 0.1) is 11.7 Å². The van der Waals surface area contributed by atoms with E-state index in [1.807, 2.05) is 6.07 Å². The number of rotatable bonds is 8. The normalized spacial score (nSPS) is 12.6. The van der Waals surface area contributed by atoms with Gasteiger partial charge in [-0.1, -0.05) is 45.2 Å². The molecule has 1 N–H and O–H groups in total. The van der Waals surface area contributed by atoms with Crippen molar-refractivity contribution in [3.05, 3.63) is 35.6 Å². The first kappa shape index (κ1) is 14.2. The third-order valence-electron chi connectivity index (χ3n) is 3.19. The third-order valence-corrected chi connectivity index (χ3v) is 3.19. The number of hydrogen-bond donors (Lipinski definition) is 1. The molecule has 0 fully saturated rings. The van der Waals surface area contributed by atoms with Gasteiger partial charge in [0, 0.05) is 6.54 Å². The van der Waals surface area contributed by atoms with Crippen LogP contribution in [-0.2, 0) is 6.54 Å². The molecule has 0 spiro atoms. The van der Waals surface area contributed by atoms with Crippen molar-refractivity contribution in [2.24, 2.45) is 5.92 Å². The second-order valence-electron chi connectivity index (χ2n) is 4.68. The van der Waals surface area contributed by atoms with Gasteiger partial charge in [-0.3, -0.25) is 0 Å². The molecule has 17 heavy (non-hydrogen) atoms. The summed E-state index contributed by atoms with van der Waals surface area (Å²) in [5.41, 5.74) is 1.02. The Morgan fingerprint density at radius 2 is 2.12 bits per heavy atom. The van der Waals surface area contributed by atoms with Crippen molar-refractivity contribution in [1.29, 1.82) is 0 Å². The predicted molar refractivity (Wildman–Crippen MR) is 71.4 cm³/mol. The van der Waals surface area contributed by atoms with Gasteiger partial charge < -0.3 is 5.32 Å². The van der Waals surface area contributed by atoms with E-state index >= 15 is 0 Å². The van der Waals surface area contributed by atoms with Crippen molar-refractivity contribution in [1.82, 2.24) is 5.32 Å². The zero-order valence-corrected chi connectivity index (χ0v) is 11.0. The Morgan fingerprint density at radius 1 is 1.29 bits per heavy atom. The van der Waals surface area contributed by atoms with Crippen LogP contribution in [-0.4, -0.2) is 6.54 Å². The second kappa shape index (κ2) is 8.24. The smallest absolute Gasteiger partial charge is 0.123 e. The Kier molecular flexibility index (Phi) is 6.87. The summed E-state index contributed by atoms with van der Waals surface area (Å²) in [6.07, 6.45) is 5.08. The fraction of sp³-hybridized carbons (Fsp3) is 0.600. The van der Waals surface area contributed by atoms with Crippen molar-refractivity contribution in [3.8, 4) is 0 Å². The predicted octanol–water partition coefficient (Wildman–Crippen LogP) is 4.13. The molecular formula is C15H24FN. The molecule has 0 aliphatic rings. The Hall–Kier alpha value is -0.890. The zero-order chi connectivity index (χ0) is 12.5. The Balaban J connectivity index is 2.26. The molecule has 0 aliphatic carbocycles. The highest BCUT2D eigenvalue weighted by atomic mass is 19.1. The van der Waals surface area contributed by atoms with Crippen LogP contribution in [0.25, 0.3) is 0 Å². The summed E-state index contributed by atoms with van der Waals surface area (Å²) in [6, 6.07) is 6.81. The highest BCUT2D eigenvalue weighted by molar-refractivity contribution is 5.15. The van der Waals surface area contributed by atoms with E-state index in [9.17, 15) is 4.39 Å². The van der Waals surface area contributed by atoms with Crippen LogP contribution in [0.5, 0.6) is 0 Å². The molecule has 0 saturated carbocycles. The van der Waals surface area contributed by atoms with E-state index in [4.69, 9.17) is 0 Å². The maximum absolute atomic E-state index is 13.0. The minimum Gasteiger partial charge on any atom is -0.312 e. The van der Waals surface area contributed by atoms with E-state index in [1.54, 1.807) is 12.1 Å². The van der Waals surface area contributed by atoms with Crippen LogP contribution in [0.15, 0.2) is 24.3 Å². The van der Waals surface area contributed by atoms with E-state index in [1.165, 1.54) is 31.7 Å². The number of halogens is 1. The molecule has 0 aromatic heterocycles. The molecule has 0 aliphatic heterocycles. The number of hydrogen-bond acceptors (Lipinski definition) is 1. The molecule has 2 heteroatoms. The molecule has 0 bridgehead atoms. The Morgan fingerprint density at radius 3 is 2.76 bits per heavy atom. The molecule has 1 nitrogen and oxygen atoms in total. The fourth-order valence-corrected chi connectivity index (χ4v) is 2.01. The minimum atomic E-state index is -0.151. The number of unbranched alkanes of at least 4 members (excludes halogenated alkanes) is 1. The summed E-state index contributed by atoms with van der Waals surface area (Å²) in [6.45, 7) is 6.27. The first-order valence-electron chi connectivity index (χ1n) is 6.71. The number of benzene rings is 1. The summed E-state index contributed by atoms with van der Waals surface area (Å²) in [5, 5.41) is 3.42. The van der Waals surface area contributed by atoms with Gasteiger partial charge in [0.15, 0.2) is 0 Å². The Labute approximate surface area is 104 Å². The average Bonchev–Trinajstić information content (AvgIpc) is 2.33. The quantitative estimate of drug-likeness (QED) is 0.716. The zero-order valence-electron chi connectivity index (χ0n) is 11.0. The summed E-state index contributed by atoms with van der Waals surface area (Å²) in [5.74, 6) is 0.603. The highest BCUT2D eigenvalue weighted by Crippen LogP contribution is 2.11. The SMILES string of the molecule is CCCCC(CC)CNCc1cccc(F)c1. The van der Waals surface area contributed by atoms with E-state index in [-0.39, 0.29) is 5.82 Å². The third kappa shape index (κ3) is 5.83. The van der Waals surface area contributed by atoms with E-state index in [2.05, 4.69) is 19.2 Å². The highest BCUT2D eigenvalue weighted by Gasteiger charge is 2.05. The topological polar surface area (TPSA) is 12.0 Å². The first-order chi connectivity index (χ1) is 8.26. The van der Waals surface area contributed by atoms with Crippen LogP contribution in [0.4, 0.5) is 4.39 Å². The fourth-order valence-electron chi connectivity index (χ4n) is 2.01. The molecule has 1 aromatic rings. The van der Waals surface area contributed by atoms with Gasteiger partial charge in [-0.25, -0.2) is 4.39 Å². The van der Waals surface area contributed by atoms with Crippen molar-refractivity contribution in [2.75, 3.05) is 6.54 Å². The van der Waals surface area contributed by atoms with Crippen LogP contribution >= 0.6 is 0 Å². The maximum Gasteiger partial charge on any atom is 0.123 e. The largest absolute Gasteiger partial charge is 0.312 e. The van der Waals surface area contributed by atoms with Crippen LogP contribution in [0.3, 0.4) is 0 Å². The Bertz CT molecular complexity index is 312. The van der Waals surface area contributed by atoms with E-state index in [0.29, 0.717) is 0 Å². The lowest BCUT2D eigenvalue weighted by Crippen LogP contribution is -2.22. The standard InChI is InChI=1S/C15H24FN/c1-3-5-7-13(4-2)11-17-12-14-8-6-9-15(16)10-14/h6,8-10,13,17H,3-5,7,11-12H2,1-2H3. The number of nitrogens with one attached hydrogen (secondary N) is 1. The van der Waals surface area contributed by atoms with E-state index < -0.39 is 0 Å². The molecular weight excluding hydrogens is 213 g/mol. The van der Waals surface area contributed by atoms with Crippen LogP contribution in [0.1, 0.15) is 45.1 Å². The van der Waals surface area contributed by atoms with Gasteiger partial charge in [0.1, 0.15) is 5.82 Å². The van der Waals surface area contributed by atoms with Gasteiger partial charge in [0.05, 0.1) is 0 Å². The lowest BCUT2D eigenvalue weighted by molar-refractivity contribution is 0.419. The van der Waals surface area contributed by atoms with Gasteiger partial charge in [0.25, 0.3) is 0 Å². The average molecular weight is 237 g/mol. The molecule has 1 unspecified atom stereocenters. The van der Waals surface area contributed by atoms with Crippen molar-refractivity contribution >= 4 is 0 Å². The van der Waals surface area contributed by atoms with Crippen LogP contribution < -0.4 is 5.32 Å². The summed E-state index contributed by atoms with van der Waals surface area (Å²) in [4.78, 5) is 0. The molecule has 0 amide bonds. The summed E-state index contributed by atoms with van der Waals surface area (Å²) < 4.78 is 13.0. The van der Waals surface area contributed by atoms with Gasteiger partial charge in [-0.15, -0.1) is 0 Å². The second-order valence-corrected chi connectivity index (χ2v) is 4.68. The minimum absolute atomic E-state index is 0.151. The summed E-state index contributed by atoms with van der Waals surface area (Å²) in [7, 11) is 0. The lowest BCUT2D eigenvalue weighted by atomic mass is 9.99. The molecule has 0 heterocycles. The molecule has 1 atom stereocenters. The van der Waals surface area contributed by atoms with Crippen molar-refractivity contribution in [3.63, 3.8) is 0 Å². The van der Waals surface area contributed by atoms with Crippen LogP contribution in [0.2, 0.25) is 0 Å². The van der Waals surface area contributed by atoms with Crippen molar-refractivity contribution in [2.45, 2.75) is 46.1 Å². The molecule has 0 radical (unpaired) electrons. The molecule has 1 aromatic carbocycles. The maximum atomic E-state index is 13.0. The van der Waals surface area contributed by atoms with E-state index in [0.717, 1.165) is 24.6 Å².